The summed E-state index contributed by atoms with van der Waals surface area (Å²) in [5.41, 5.74) is 0.680. The maximum Gasteiger partial charge on any atom is 0.372 e. The largest absolute Gasteiger partial charge is 0.475 e. The summed E-state index contributed by atoms with van der Waals surface area (Å²) in [6.07, 6.45) is 1.08. The molecule has 1 N–H and O–H groups in total. The zero-order valence-corrected chi connectivity index (χ0v) is 11.6. The summed E-state index contributed by atoms with van der Waals surface area (Å²) < 4.78 is 5.32. The van der Waals surface area contributed by atoms with E-state index in [0.29, 0.717) is 17.9 Å². The predicted octanol–water partition coefficient (Wildman–Crippen LogP) is 1.67. The van der Waals surface area contributed by atoms with Crippen LogP contribution >= 0.6 is 0 Å². The van der Waals surface area contributed by atoms with Gasteiger partial charge in [-0.2, -0.15) is 0 Å². The molecule has 0 bridgehead atoms. The topological polar surface area (TPSA) is 56.9 Å². The Hall–Kier alpha value is -1.33. The Kier molecular flexibility index (Phi) is 5.37. The van der Waals surface area contributed by atoms with E-state index in [1.165, 1.54) is 0 Å². The second-order valence-corrected chi connectivity index (χ2v) is 4.92. The van der Waals surface area contributed by atoms with Crippen molar-refractivity contribution in [3.63, 3.8) is 0 Å². The van der Waals surface area contributed by atoms with Gasteiger partial charge in [0.15, 0.2) is 0 Å². The summed E-state index contributed by atoms with van der Waals surface area (Å²) in [4.78, 5) is 15.1. The summed E-state index contributed by atoms with van der Waals surface area (Å²) >= 11 is 0. The Bertz CT molecular complexity index is 399. The fourth-order valence-corrected chi connectivity index (χ4v) is 1.84. The first-order valence-electron chi connectivity index (χ1n) is 6.06. The normalized spacial score (nSPS) is 11.4. The lowest BCUT2D eigenvalue weighted by molar-refractivity contribution is 0.0657. The van der Waals surface area contributed by atoms with Crippen molar-refractivity contribution in [2.24, 2.45) is 0 Å². The standard InChI is InChI=1S/C13H22N2O3/c1-10-8-11(18-12(10)13(16)17)9-15(4)7-5-6-14(2)3/h8H,5-7,9H2,1-4H3,(H,16,17). The molecule has 0 saturated carbocycles. The molecule has 0 fully saturated rings. The van der Waals surface area contributed by atoms with Gasteiger partial charge in [-0.1, -0.05) is 0 Å². The summed E-state index contributed by atoms with van der Waals surface area (Å²) in [7, 11) is 6.11. The third-order valence-electron chi connectivity index (χ3n) is 2.73. The van der Waals surface area contributed by atoms with Crippen molar-refractivity contribution < 1.29 is 14.3 Å². The van der Waals surface area contributed by atoms with Gasteiger partial charge in [0, 0.05) is 5.56 Å². The van der Waals surface area contributed by atoms with Crippen LogP contribution in [0, 0.1) is 6.92 Å². The minimum absolute atomic E-state index is 0.0479. The van der Waals surface area contributed by atoms with E-state index in [1.54, 1.807) is 13.0 Å². The van der Waals surface area contributed by atoms with Gasteiger partial charge >= 0.3 is 5.97 Å². The summed E-state index contributed by atoms with van der Waals surface area (Å²) in [6.45, 7) is 4.40. The molecule has 0 unspecified atom stereocenters. The van der Waals surface area contributed by atoms with E-state index < -0.39 is 5.97 Å². The van der Waals surface area contributed by atoms with Gasteiger partial charge < -0.3 is 14.4 Å². The van der Waals surface area contributed by atoms with Crippen LogP contribution in [0.4, 0.5) is 0 Å². The molecular weight excluding hydrogens is 232 g/mol. The van der Waals surface area contributed by atoms with E-state index in [-0.39, 0.29) is 5.76 Å². The van der Waals surface area contributed by atoms with Gasteiger partial charge in [-0.25, -0.2) is 4.79 Å². The average molecular weight is 254 g/mol. The average Bonchev–Trinajstić information content (AvgIpc) is 2.58. The lowest BCUT2D eigenvalue weighted by Gasteiger charge is -2.16. The van der Waals surface area contributed by atoms with E-state index in [1.807, 2.05) is 7.05 Å². The van der Waals surface area contributed by atoms with Crippen LogP contribution in [0.1, 0.15) is 28.3 Å². The number of carboxylic acid groups (broad SMARTS) is 1. The van der Waals surface area contributed by atoms with Gasteiger partial charge in [0.25, 0.3) is 0 Å². The van der Waals surface area contributed by atoms with E-state index in [4.69, 9.17) is 9.52 Å². The van der Waals surface area contributed by atoms with Crippen LogP contribution in [0.2, 0.25) is 0 Å². The molecule has 0 aromatic carbocycles. The molecule has 0 spiro atoms. The third kappa shape index (κ3) is 4.50. The second kappa shape index (κ2) is 6.56. The van der Waals surface area contributed by atoms with Crippen LogP contribution in [0.15, 0.2) is 10.5 Å². The van der Waals surface area contributed by atoms with Crippen molar-refractivity contribution in [3.8, 4) is 0 Å². The number of carbonyl (C=O) groups is 1. The zero-order valence-electron chi connectivity index (χ0n) is 11.6. The highest BCUT2D eigenvalue weighted by Crippen LogP contribution is 2.15. The smallest absolute Gasteiger partial charge is 0.372 e. The Morgan fingerprint density at radius 2 is 2.00 bits per heavy atom. The molecule has 0 saturated heterocycles. The van der Waals surface area contributed by atoms with Gasteiger partial charge in [0.2, 0.25) is 5.76 Å². The number of aromatic carboxylic acids is 1. The minimum Gasteiger partial charge on any atom is -0.475 e. The molecule has 0 atom stereocenters. The summed E-state index contributed by atoms with van der Waals surface area (Å²) in [5.74, 6) is -0.252. The Balaban J connectivity index is 2.47. The molecule has 5 heteroatoms. The van der Waals surface area contributed by atoms with E-state index in [0.717, 1.165) is 19.5 Å². The van der Waals surface area contributed by atoms with Crippen LogP contribution in [-0.2, 0) is 6.54 Å². The second-order valence-electron chi connectivity index (χ2n) is 4.92. The van der Waals surface area contributed by atoms with Crippen LogP contribution in [0.3, 0.4) is 0 Å². The van der Waals surface area contributed by atoms with Gasteiger partial charge in [-0.05, 0) is 53.6 Å². The lowest BCUT2D eigenvalue weighted by Crippen LogP contribution is -2.23. The SMILES string of the molecule is Cc1cc(CN(C)CCCN(C)C)oc1C(=O)O. The molecule has 1 heterocycles. The molecular formula is C13H22N2O3. The number of hydrogen-bond donors (Lipinski definition) is 1. The monoisotopic (exact) mass is 254 g/mol. The summed E-state index contributed by atoms with van der Waals surface area (Å²) in [6, 6.07) is 1.80. The predicted molar refractivity (Wildman–Crippen MR) is 69.9 cm³/mol. The molecule has 0 amide bonds. The number of hydrogen-bond acceptors (Lipinski definition) is 4. The lowest BCUT2D eigenvalue weighted by atomic mass is 10.2. The van der Waals surface area contributed by atoms with Crippen molar-refractivity contribution in [2.45, 2.75) is 19.9 Å². The molecule has 0 aliphatic carbocycles. The number of rotatable bonds is 7. The Morgan fingerprint density at radius 3 is 2.50 bits per heavy atom. The summed E-state index contributed by atoms with van der Waals surface area (Å²) in [5, 5.41) is 8.90. The fraction of sp³-hybridized carbons (Fsp3) is 0.615. The van der Waals surface area contributed by atoms with E-state index in [9.17, 15) is 4.79 Å². The van der Waals surface area contributed by atoms with Crippen LogP contribution < -0.4 is 0 Å². The van der Waals surface area contributed by atoms with Crippen LogP contribution in [-0.4, -0.2) is 55.1 Å². The maximum atomic E-state index is 10.9. The van der Waals surface area contributed by atoms with Gasteiger partial charge in [-0.3, -0.25) is 4.90 Å². The quantitative estimate of drug-likeness (QED) is 0.802. The Morgan fingerprint density at radius 1 is 1.33 bits per heavy atom. The number of aryl methyl sites for hydroxylation is 1. The molecule has 1 aromatic rings. The number of nitrogens with zero attached hydrogens (tertiary/aromatic N) is 2. The van der Waals surface area contributed by atoms with Gasteiger partial charge in [0.05, 0.1) is 6.54 Å². The molecule has 18 heavy (non-hydrogen) atoms. The first kappa shape index (κ1) is 14.7. The van der Waals surface area contributed by atoms with Crippen molar-refractivity contribution >= 4 is 5.97 Å². The van der Waals surface area contributed by atoms with Gasteiger partial charge in [-0.15, -0.1) is 0 Å². The van der Waals surface area contributed by atoms with Crippen molar-refractivity contribution in [2.75, 3.05) is 34.2 Å². The highest BCUT2D eigenvalue weighted by molar-refractivity contribution is 5.86. The van der Waals surface area contributed by atoms with Crippen molar-refractivity contribution in [1.82, 2.24) is 9.80 Å². The highest BCUT2D eigenvalue weighted by Gasteiger charge is 2.15. The molecule has 0 aliphatic heterocycles. The maximum absolute atomic E-state index is 10.9. The van der Waals surface area contributed by atoms with E-state index in [2.05, 4.69) is 23.9 Å². The number of furan rings is 1. The first-order valence-corrected chi connectivity index (χ1v) is 6.06. The molecule has 1 aromatic heterocycles. The minimum atomic E-state index is -1.01. The highest BCUT2D eigenvalue weighted by atomic mass is 16.4. The zero-order chi connectivity index (χ0) is 13.7. The first-order chi connectivity index (χ1) is 8.40. The fourth-order valence-electron chi connectivity index (χ4n) is 1.84. The molecule has 0 radical (unpaired) electrons. The van der Waals surface area contributed by atoms with Crippen LogP contribution in [0.5, 0.6) is 0 Å². The van der Waals surface area contributed by atoms with E-state index >= 15 is 0 Å². The van der Waals surface area contributed by atoms with Crippen molar-refractivity contribution in [1.29, 1.82) is 0 Å². The molecule has 0 aliphatic rings. The Labute approximate surface area is 108 Å². The number of carboxylic acids is 1. The molecule has 5 nitrogen and oxygen atoms in total. The van der Waals surface area contributed by atoms with Crippen molar-refractivity contribution in [3.05, 3.63) is 23.2 Å². The third-order valence-corrected chi connectivity index (χ3v) is 2.73. The van der Waals surface area contributed by atoms with Gasteiger partial charge in [0.1, 0.15) is 5.76 Å². The molecule has 102 valence electrons. The van der Waals surface area contributed by atoms with Crippen LogP contribution in [0.25, 0.3) is 0 Å². The molecule has 1 rings (SSSR count).